The van der Waals surface area contributed by atoms with Crippen LogP contribution in [0.5, 0.6) is 0 Å². The Bertz CT molecular complexity index is 537. The smallest absolute Gasteiger partial charge is 0.252 e. The van der Waals surface area contributed by atoms with E-state index in [2.05, 4.69) is 17.2 Å². The van der Waals surface area contributed by atoms with Crippen molar-refractivity contribution in [2.75, 3.05) is 33.9 Å². The minimum atomic E-state index is -0.456. The third kappa shape index (κ3) is 5.52. The second-order valence-corrected chi connectivity index (χ2v) is 4.22. The fourth-order valence-corrected chi connectivity index (χ4v) is 1.66. The standard InChI is InChI=1S/C15H19FN2O3/c1-20-10-13(21-2)9-18-15(19)14-6-5-12(16)8-11(14)4-3-7-17/h5-6,8,13H,7,9-10,17H2,1-2H3,(H,18,19). The van der Waals surface area contributed by atoms with Gasteiger partial charge in [0.2, 0.25) is 0 Å². The molecule has 1 amide bonds. The lowest BCUT2D eigenvalue weighted by molar-refractivity contribution is 0.0285. The van der Waals surface area contributed by atoms with Gasteiger partial charge in [-0.05, 0) is 18.2 Å². The normalized spacial score (nSPS) is 11.4. The molecule has 0 aromatic heterocycles. The van der Waals surface area contributed by atoms with Crippen molar-refractivity contribution in [1.29, 1.82) is 0 Å². The van der Waals surface area contributed by atoms with E-state index in [1.807, 2.05) is 0 Å². The number of hydrogen-bond donors (Lipinski definition) is 2. The van der Waals surface area contributed by atoms with Crippen molar-refractivity contribution in [3.63, 3.8) is 0 Å². The third-order valence-corrected chi connectivity index (χ3v) is 2.73. The van der Waals surface area contributed by atoms with Gasteiger partial charge in [0.25, 0.3) is 5.91 Å². The number of nitrogens with one attached hydrogen (secondary N) is 1. The third-order valence-electron chi connectivity index (χ3n) is 2.73. The van der Waals surface area contributed by atoms with Crippen LogP contribution in [0.3, 0.4) is 0 Å². The van der Waals surface area contributed by atoms with Gasteiger partial charge >= 0.3 is 0 Å². The summed E-state index contributed by atoms with van der Waals surface area (Å²) in [5, 5.41) is 2.71. The summed E-state index contributed by atoms with van der Waals surface area (Å²) in [4.78, 5) is 12.1. The molecule has 0 saturated heterocycles. The highest BCUT2D eigenvalue weighted by Crippen LogP contribution is 2.10. The number of hydrogen-bond acceptors (Lipinski definition) is 4. The van der Waals surface area contributed by atoms with Gasteiger partial charge in [0, 0.05) is 26.3 Å². The monoisotopic (exact) mass is 294 g/mol. The molecule has 0 aliphatic rings. The van der Waals surface area contributed by atoms with Crippen LogP contribution in [-0.4, -0.2) is 45.9 Å². The summed E-state index contributed by atoms with van der Waals surface area (Å²) in [5.74, 6) is 4.49. The molecule has 0 radical (unpaired) electrons. The molecule has 1 aromatic rings. The topological polar surface area (TPSA) is 73.6 Å². The molecule has 21 heavy (non-hydrogen) atoms. The summed E-state index contributed by atoms with van der Waals surface area (Å²) < 4.78 is 23.3. The van der Waals surface area contributed by atoms with Gasteiger partial charge in [0.05, 0.1) is 24.8 Å². The van der Waals surface area contributed by atoms with Crippen LogP contribution >= 0.6 is 0 Å². The van der Waals surface area contributed by atoms with Crippen LogP contribution in [0.1, 0.15) is 15.9 Å². The minimum Gasteiger partial charge on any atom is -0.382 e. The molecular formula is C15H19FN2O3. The van der Waals surface area contributed by atoms with Gasteiger partial charge in [-0.3, -0.25) is 4.79 Å². The molecule has 1 rings (SSSR count). The molecular weight excluding hydrogens is 275 g/mol. The highest BCUT2D eigenvalue weighted by Gasteiger charge is 2.14. The van der Waals surface area contributed by atoms with E-state index in [1.54, 1.807) is 7.11 Å². The number of amides is 1. The summed E-state index contributed by atoms with van der Waals surface area (Å²) in [6.45, 7) is 0.779. The molecule has 3 N–H and O–H groups in total. The summed E-state index contributed by atoms with van der Waals surface area (Å²) in [6, 6.07) is 3.81. The lowest BCUT2D eigenvalue weighted by Gasteiger charge is -2.15. The van der Waals surface area contributed by atoms with Gasteiger partial charge in [-0.1, -0.05) is 11.8 Å². The van der Waals surface area contributed by atoms with Crippen molar-refractivity contribution < 1.29 is 18.7 Å². The zero-order valence-electron chi connectivity index (χ0n) is 12.1. The fourth-order valence-electron chi connectivity index (χ4n) is 1.66. The molecule has 0 aliphatic heterocycles. The molecule has 0 aliphatic carbocycles. The number of ether oxygens (including phenoxy) is 2. The van der Waals surface area contributed by atoms with E-state index in [0.29, 0.717) is 17.7 Å². The predicted octanol–water partition coefficient (Wildman–Crippen LogP) is 0.527. The SMILES string of the molecule is COCC(CNC(=O)c1ccc(F)cc1C#CCN)OC. The summed E-state index contributed by atoms with van der Waals surface area (Å²) in [5.41, 5.74) is 5.89. The van der Waals surface area contributed by atoms with E-state index in [0.717, 1.165) is 0 Å². The first-order valence-electron chi connectivity index (χ1n) is 6.40. The number of methoxy groups -OCH3 is 2. The zero-order valence-corrected chi connectivity index (χ0v) is 12.1. The average molecular weight is 294 g/mol. The maximum Gasteiger partial charge on any atom is 0.252 e. The Labute approximate surface area is 123 Å². The molecule has 1 unspecified atom stereocenters. The molecule has 6 heteroatoms. The first kappa shape index (κ1) is 17.1. The van der Waals surface area contributed by atoms with E-state index >= 15 is 0 Å². The van der Waals surface area contributed by atoms with E-state index in [4.69, 9.17) is 15.2 Å². The molecule has 5 nitrogen and oxygen atoms in total. The van der Waals surface area contributed by atoms with Crippen LogP contribution in [0, 0.1) is 17.7 Å². The molecule has 0 heterocycles. The first-order valence-corrected chi connectivity index (χ1v) is 6.40. The largest absolute Gasteiger partial charge is 0.382 e. The molecule has 0 spiro atoms. The number of carbonyl (C=O) groups is 1. The summed E-state index contributed by atoms with van der Waals surface area (Å²) in [7, 11) is 3.08. The van der Waals surface area contributed by atoms with Crippen molar-refractivity contribution in [2.45, 2.75) is 6.10 Å². The summed E-state index contributed by atoms with van der Waals surface area (Å²) in [6.07, 6.45) is -0.252. The van der Waals surface area contributed by atoms with Gasteiger partial charge in [-0.15, -0.1) is 0 Å². The van der Waals surface area contributed by atoms with Crippen molar-refractivity contribution in [3.05, 3.63) is 35.1 Å². The molecule has 0 bridgehead atoms. The van der Waals surface area contributed by atoms with Crippen molar-refractivity contribution >= 4 is 5.91 Å². The Morgan fingerprint density at radius 3 is 2.86 bits per heavy atom. The lowest BCUT2D eigenvalue weighted by atomic mass is 10.1. The van der Waals surface area contributed by atoms with Crippen LogP contribution in [0.4, 0.5) is 4.39 Å². The quantitative estimate of drug-likeness (QED) is 0.751. The molecule has 1 aromatic carbocycles. The molecule has 114 valence electrons. The number of nitrogens with two attached hydrogens (primary N) is 1. The summed E-state index contributed by atoms with van der Waals surface area (Å²) >= 11 is 0. The van der Waals surface area contributed by atoms with Gasteiger partial charge in [0.1, 0.15) is 5.82 Å². The van der Waals surface area contributed by atoms with Crippen LogP contribution in [-0.2, 0) is 9.47 Å². The highest BCUT2D eigenvalue weighted by molar-refractivity contribution is 5.96. The second-order valence-electron chi connectivity index (χ2n) is 4.22. The Morgan fingerprint density at radius 1 is 1.48 bits per heavy atom. The van der Waals surface area contributed by atoms with Gasteiger partial charge in [0.15, 0.2) is 0 Å². The van der Waals surface area contributed by atoms with Crippen LogP contribution in [0.25, 0.3) is 0 Å². The Kier molecular flexibility index (Phi) is 7.40. The average Bonchev–Trinajstić information content (AvgIpc) is 2.49. The van der Waals surface area contributed by atoms with Crippen LogP contribution in [0.2, 0.25) is 0 Å². The zero-order chi connectivity index (χ0) is 15.7. The number of carbonyl (C=O) groups excluding carboxylic acids is 1. The van der Waals surface area contributed by atoms with Crippen molar-refractivity contribution in [2.24, 2.45) is 5.73 Å². The molecule has 1 atom stereocenters. The van der Waals surface area contributed by atoms with Gasteiger partial charge < -0.3 is 20.5 Å². The van der Waals surface area contributed by atoms with E-state index in [1.165, 1.54) is 25.3 Å². The predicted molar refractivity (Wildman–Crippen MR) is 77.3 cm³/mol. The fraction of sp³-hybridized carbons (Fsp3) is 0.400. The molecule has 0 saturated carbocycles. The Hall–Kier alpha value is -1.94. The number of halogens is 1. The van der Waals surface area contributed by atoms with E-state index in [9.17, 15) is 9.18 Å². The Morgan fingerprint density at radius 2 is 2.24 bits per heavy atom. The van der Waals surface area contributed by atoms with Crippen molar-refractivity contribution in [1.82, 2.24) is 5.32 Å². The van der Waals surface area contributed by atoms with Gasteiger partial charge in [-0.25, -0.2) is 4.39 Å². The van der Waals surface area contributed by atoms with E-state index in [-0.39, 0.29) is 25.1 Å². The van der Waals surface area contributed by atoms with Gasteiger partial charge in [-0.2, -0.15) is 0 Å². The van der Waals surface area contributed by atoms with Crippen LogP contribution < -0.4 is 11.1 Å². The Balaban J connectivity index is 2.82. The first-order chi connectivity index (χ1) is 10.1. The minimum absolute atomic E-state index is 0.136. The van der Waals surface area contributed by atoms with E-state index < -0.39 is 5.82 Å². The second kappa shape index (κ2) is 9.08. The maximum atomic E-state index is 13.2. The molecule has 0 fully saturated rings. The van der Waals surface area contributed by atoms with Crippen molar-refractivity contribution in [3.8, 4) is 11.8 Å². The number of benzene rings is 1. The maximum absolute atomic E-state index is 13.2. The van der Waals surface area contributed by atoms with Crippen LogP contribution in [0.15, 0.2) is 18.2 Å². The number of rotatable bonds is 6. The highest BCUT2D eigenvalue weighted by atomic mass is 19.1. The lowest BCUT2D eigenvalue weighted by Crippen LogP contribution is -2.35.